The maximum absolute atomic E-state index is 13.0. The Balaban J connectivity index is 1.78. The van der Waals surface area contributed by atoms with Crippen LogP contribution in [0.2, 0.25) is 5.02 Å². The summed E-state index contributed by atoms with van der Waals surface area (Å²) in [6.07, 6.45) is 5.23. The number of amides is 1. The minimum absolute atomic E-state index is 0.00383. The number of ketones is 1. The number of likely N-dealkylation sites (tertiary alicyclic amines) is 1. The highest BCUT2D eigenvalue weighted by Crippen LogP contribution is 2.29. The van der Waals surface area contributed by atoms with Crippen LogP contribution in [0.1, 0.15) is 40.0 Å². The van der Waals surface area contributed by atoms with E-state index in [1.165, 1.54) is 7.11 Å². The van der Waals surface area contributed by atoms with Crippen molar-refractivity contribution in [2.45, 2.75) is 25.3 Å². The van der Waals surface area contributed by atoms with Crippen LogP contribution in [-0.2, 0) is 7.05 Å². The zero-order valence-corrected chi connectivity index (χ0v) is 15.0. The summed E-state index contributed by atoms with van der Waals surface area (Å²) in [5.74, 6) is 0.329. The standard InChI is InChI=1S/C18H20ClN3O3/c1-21-11-12(10-20-21)16(23)9-14-4-3-7-22(14)18(24)15-8-13(19)5-6-17(15)25-2/h5-6,8,10-11,14H,3-4,7,9H2,1-2H3. The fourth-order valence-corrected chi connectivity index (χ4v) is 3.39. The van der Waals surface area contributed by atoms with E-state index in [2.05, 4.69) is 5.10 Å². The van der Waals surface area contributed by atoms with Crippen LogP contribution in [0.3, 0.4) is 0 Å². The van der Waals surface area contributed by atoms with E-state index >= 15 is 0 Å². The molecule has 3 rings (SSSR count). The van der Waals surface area contributed by atoms with Crippen molar-refractivity contribution in [3.63, 3.8) is 0 Å². The Morgan fingerprint density at radius 2 is 2.20 bits per heavy atom. The third-order valence-electron chi connectivity index (χ3n) is 4.48. The van der Waals surface area contributed by atoms with E-state index in [1.807, 2.05) is 0 Å². The highest BCUT2D eigenvalue weighted by Gasteiger charge is 2.32. The summed E-state index contributed by atoms with van der Waals surface area (Å²) in [5, 5.41) is 4.51. The Bertz CT molecular complexity index is 803. The van der Waals surface area contributed by atoms with Crippen LogP contribution in [0.15, 0.2) is 30.6 Å². The van der Waals surface area contributed by atoms with Crippen LogP contribution < -0.4 is 4.74 Å². The van der Waals surface area contributed by atoms with Gasteiger partial charge in [-0.05, 0) is 31.0 Å². The van der Waals surface area contributed by atoms with Gasteiger partial charge in [-0.25, -0.2) is 0 Å². The van der Waals surface area contributed by atoms with Crippen molar-refractivity contribution in [3.8, 4) is 5.75 Å². The molecule has 1 atom stereocenters. The van der Waals surface area contributed by atoms with Gasteiger partial charge in [-0.3, -0.25) is 14.3 Å². The lowest BCUT2D eigenvalue weighted by molar-refractivity contribution is 0.0714. The lowest BCUT2D eigenvalue weighted by Gasteiger charge is -2.25. The molecule has 0 radical (unpaired) electrons. The zero-order valence-electron chi connectivity index (χ0n) is 14.2. The largest absolute Gasteiger partial charge is 0.496 e. The molecular weight excluding hydrogens is 342 g/mol. The number of carbonyl (C=O) groups is 2. The molecule has 2 heterocycles. The van der Waals surface area contributed by atoms with Gasteiger partial charge < -0.3 is 9.64 Å². The number of aromatic nitrogens is 2. The molecular formula is C18H20ClN3O3. The van der Waals surface area contributed by atoms with Crippen molar-refractivity contribution in [1.82, 2.24) is 14.7 Å². The first-order valence-corrected chi connectivity index (χ1v) is 8.53. The summed E-state index contributed by atoms with van der Waals surface area (Å²) in [6, 6.07) is 4.86. The van der Waals surface area contributed by atoms with Crippen LogP contribution in [0, 0.1) is 0 Å². The number of aryl methyl sites for hydroxylation is 1. The Morgan fingerprint density at radius 3 is 2.88 bits per heavy atom. The first-order valence-electron chi connectivity index (χ1n) is 8.16. The molecule has 1 fully saturated rings. The molecule has 1 saturated heterocycles. The van der Waals surface area contributed by atoms with E-state index in [0.717, 1.165) is 12.8 Å². The fourth-order valence-electron chi connectivity index (χ4n) is 3.21. The third kappa shape index (κ3) is 3.69. The van der Waals surface area contributed by atoms with Gasteiger partial charge in [-0.15, -0.1) is 0 Å². The molecule has 0 N–H and O–H groups in total. The number of carbonyl (C=O) groups excluding carboxylic acids is 2. The van der Waals surface area contributed by atoms with E-state index in [-0.39, 0.29) is 17.7 Å². The minimum atomic E-state index is -0.152. The molecule has 1 aromatic heterocycles. The van der Waals surface area contributed by atoms with Crippen molar-refractivity contribution in [3.05, 3.63) is 46.7 Å². The van der Waals surface area contributed by atoms with E-state index in [4.69, 9.17) is 16.3 Å². The van der Waals surface area contributed by atoms with E-state index in [9.17, 15) is 9.59 Å². The SMILES string of the molecule is COc1ccc(Cl)cc1C(=O)N1CCCC1CC(=O)c1cnn(C)c1. The summed E-state index contributed by atoms with van der Waals surface area (Å²) in [6.45, 7) is 0.624. The molecule has 25 heavy (non-hydrogen) atoms. The maximum atomic E-state index is 13.0. The summed E-state index contributed by atoms with van der Waals surface area (Å²) in [4.78, 5) is 27.2. The topological polar surface area (TPSA) is 64.4 Å². The Morgan fingerprint density at radius 1 is 1.40 bits per heavy atom. The third-order valence-corrected chi connectivity index (χ3v) is 4.71. The van der Waals surface area contributed by atoms with Gasteiger partial charge in [0.15, 0.2) is 5.78 Å². The fraction of sp³-hybridized carbons (Fsp3) is 0.389. The normalized spacial score (nSPS) is 16.9. The lowest BCUT2D eigenvalue weighted by Crippen LogP contribution is -2.37. The van der Waals surface area contributed by atoms with Gasteiger partial charge in [0.1, 0.15) is 5.75 Å². The first kappa shape index (κ1) is 17.5. The van der Waals surface area contributed by atoms with Crippen LogP contribution in [0.5, 0.6) is 5.75 Å². The predicted octanol–water partition coefficient (Wildman–Crippen LogP) is 2.96. The highest BCUT2D eigenvalue weighted by molar-refractivity contribution is 6.31. The van der Waals surface area contributed by atoms with E-state index in [1.54, 1.807) is 47.2 Å². The lowest BCUT2D eigenvalue weighted by atomic mass is 10.0. The number of halogens is 1. The van der Waals surface area contributed by atoms with Crippen molar-refractivity contribution in [1.29, 1.82) is 0 Å². The van der Waals surface area contributed by atoms with Gasteiger partial charge in [-0.1, -0.05) is 11.6 Å². The zero-order chi connectivity index (χ0) is 18.0. The Hall–Kier alpha value is -2.34. The number of rotatable bonds is 5. The predicted molar refractivity (Wildman–Crippen MR) is 94.2 cm³/mol. The van der Waals surface area contributed by atoms with Crippen LogP contribution in [0.25, 0.3) is 0 Å². The smallest absolute Gasteiger partial charge is 0.257 e. The Labute approximate surface area is 151 Å². The summed E-state index contributed by atoms with van der Waals surface area (Å²) in [7, 11) is 3.29. The van der Waals surface area contributed by atoms with Gasteiger partial charge in [-0.2, -0.15) is 5.10 Å². The highest BCUT2D eigenvalue weighted by atomic mass is 35.5. The molecule has 7 heteroatoms. The number of ether oxygens (including phenoxy) is 1. The summed E-state index contributed by atoms with van der Waals surface area (Å²) < 4.78 is 6.88. The average molecular weight is 362 g/mol. The molecule has 132 valence electrons. The first-order chi connectivity index (χ1) is 12.0. The Kier molecular flexibility index (Phi) is 5.08. The maximum Gasteiger partial charge on any atom is 0.257 e. The molecule has 0 saturated carbocycles. The summed E-state index contributed by atoms with van der Waals surface area (Å²) in [5.41, 5.74) is 0.998. The van der Waals surface area contributed by atoms with Crippen LogP contribution in [0.4, 0.5) is 0 Å². The molecule has 0 bridgehead atoms. The van der Waals surface area contributed by atoms with Crippen molar-refractivity contribution < 1.29 is 14.3 Å². The second kappa shape index (κ2) is 7.27. The monoisotopic (exact) mass is 361 g/mol. The summed E-state index contributed by atoms with van der Waals surface area (Å²) >= 11 is 6.04. The van der Waals surface area contributed by atoms with Gasteiger partial charge >= 0.3 is 0 Å². The van der Waals surface area contributed by atoms with Gasteiger partial charge in [0.2, 0.25) is 0 Å². The minimum Gasteiger partial charge on any atom is -0.496 e. The van der Waals surface area contributed by atoms with Crippen molar-refractivity contribution >= 4 is 23.3 Å². The quantitative estimate of drug-likeness (QED) is 0.768. The van der Waals surface area contributed by atoms with E-state index < -0.39 is 0 Å². The molecule has 1 aliphatic rings. The number of methoxy groups -OCH3 is 1. The molecule has 1 aliphatic heterocycles. The second-order valence-electron chi connectivity index (χ2n) is 6.17. The number of hydrogen-bond donors (Lipinski definition) is 0. The number of benzene rings is 1. The number of Topliss-reactive ketones (excluding diaryl/α,β-unsaturated/α-hetero) is 1. The van der Waals surface area contributed by atoms with Gasteiger partial charge in [0.05, 0.1) is 24.4 Å². The number of nitrogens with zero attached hydrogens (tertiary/aromatic N) is 3. The van der Waals surface area contributed by atoms with Crippen LogP contribution in [-0.4, -0.2) is 46.1 Å². The van der Waals surface area contributed by atoms with Crippen LogP contribution >= 0.6 is 11.6 Å². The van der Waals surface area contributed by atoms with Gasteiger partial charge in [0.25, 0.3) is 5.91 Å². The molecule has 6 nitrogen and oxygen atoms in total. The number of hydrogen-bond acceptors (Lipinski definition) is 4. The molecule has 1 amide bonds. The van der Waals surface area contributed by atoms with E-state index in [0.29, 0.717) is 34.9 Å². The van der Waals surface area contributed by atoms with Crippen molar-refractivity contribution in [2.24, 2.45) is 7.05 Å². The second-order valence-corrected chi connectivity index (χ2v) is 6.61. The molecule has 2 aromatic rings. The van der Waals surface area contributed by atoms with Gasteiger partial charge in [0, 0.05) is 37.3 Å². The molecule has 0 aliphatic carbocycles. The molecule has 0 spiro atoms. The van der Waals surface area contributed by atoms with Crippen molar-refractivity contribution in [2.75, 3.05) is 13.7 Å². The molecule has 1 unspecified atom stereocenters. The average Bonchev–Trinajstić information content (AvgIpc) is 3.23. The molecule has 1 aromatic carbocycles.